The highest BCUT2D eigenvalue weighted by molar-refractivity contribution is 6.30. The summed E-state index contributed by atoms with van der Waals surface area (Å²) in [5, 5.41) is 14.4. The van der Waals surface area contributed by atoms with Gasteiger partial charge >= 0.3 is 0 Å². The zero-order chi connectivity index (χ0) is 15.2. The number of hydrogen-bond acceptors (Lipinski definition) is 2. The average molecular weight is 304 g/mol. The molecular formula is C18H22ClNO. The van der Waals surface area contributed by atoms with Gasteiger partial charge in [0.05, 0.1) is 0 Å². The molecule has 3 heteroatoms. The van der Waals surface area contributed by atoms with Crippen LogP contribution in [0.15, 0.2) is 48.5 Å². The Kier molecular flexibility index (Phi) is 5.66. The number of aromatic hydroxyl groups is 1. The molecule has 0 bridgehead atoms. The molecule has 0 aliphatic rings. The lowest BCUT2D eigenvalue weighted by Gasteiger charge is -2.23. The Morgan fingerprint density at radius 3 is 2.57 bits per heavy atom. The van der Waals surface area contributed by atoms with Crippen molar-refractivity contribution in [3.8, 4) is 5.75 Å². The van der Waals surface area contributed by atoms with Crippen LogP contribution < -0.4 is 5.32 Å². The standard InChI is InChI=1S/C18H22ClNO/c1-3-17(16-9-4-5-10-18(16)21)20-13(2)11-14-7-6-8-15(19)12-14/h4-10,12-13,17,20-21H,3,11H2,1-2H3. The molecular weight excluding hydrogens is 282 g/mol. The Morgan fingerprint density at radius 1 is 1.14 bits per heavy atom. The van der Waals surface area contributed by atoms with E-state index >= 15 is 0 Å². The topological polar surface area (TPSA) is 32.3 Å². The molecule has 2 aromatic rings. The molecule has 112 valence electrons. The Hall–Kier alpha value is -1.51. The highest BCUT2D eigenvalue weighted by Gasteiger charge is 2.15. The van der Waals surface area contributed by atoms with E-state index in [1.807, 2.05) is 36.4 Å². The smallest absolute Gasteiger partial charge is 0.120 e. The van der Waals surface area contributed by atoms with Gasteiger partial charge in [0.2, 0.25) is 0 Å². The van der Waals surface area contributed by atoms with Crippen LogP contribution in [0.3, 0.4) is 0 Å². The average Bonchev–Trinajstić information content (AvgIpc) is 2.45. The highest BCUT2D eigenvalue weighted by atomic mass is 35.5. The van der Waals surface area contributed by atoms with Crippen molar-refractivity contribution in [3.63, 3.8) is 0 Å². The summed E-state index contributed by atoms with van der Waals surface area (Å²) in [7, 11) is 0. The summed E-state index contributed by atoms with van der Waals surface area (Å²) >= 11 is 6.02. The summed E-state index contributed by atoms with van der Waals surface area (Å²) in [6.45, 7) is 4.28. The van der Waals surface area contributed by atoms with Gasteiger partial charge in [0.15, 0.2) is 0 Å². The van der Waals surface area contributed by atoms with E-state index < -0.39 is 0 Å². The summed E-state index contributed by atoms with van der Waals surface area (Å²) in [6, 6.07) is 15.9. The van der Waals surface area contributed by atoms with Gasteiger partial charge in [-0.3, -0.25) is 0 Å². The molecule has 2 rings (SSSR count). The number of rotatable bonds is 6. The number of nitrogens with one attached hydrogen (secondary N) is 1. The van der Waals surface area contributed by atoms with Gasteiger partial charge in [-0.25, -0.2) is 0 Å². The molecule has 2 nitrogen and oxygen atoms in total. The molecule has 0 aromatic heterocycles. The lowest BCUT2D eigenvalue weighted by atomic mass is 10.0. The predicted molar refractivity (Wildman–Crippen MR) is 88.9 cm³/mol. The zero-order valence-electron chi connectivity index (χ0n) is 12.5. The molecule has 2 aromatic carbocycles. The summed E-state index contributed by atoms with van der Waals surface area (Å²) in [4.78, 5) is 0. The van der Waals surface area contributed by atoms with Crippen molar-refractivity contribution in [1.29, 1.82) is 0 Å². The van der Waals surface area contributed by atoms with Crippen molar-refractivity contribution in [3.05, 3.63) is 64.7 Å². The zero-order valence-corrected chi connectivity index (χ0v) is 13.3. The van der Waals surface area contributed by atoms with E-state index in [0.717, 1.165) is 23.4 Å². The summed E-state index contributed by atoms with van der Waals surface area (Å²) in [5.74, 6) is 0.354. The van der Waals surface area contributed by atoms with Crippen LogP contribution in [0.1, 0.15) is 37.4 Å². The van der Waals surface area contributed by atoms with Gasteiger partial charge in [-0.05, 0) is 43.5 Å². The first-order valence-corrected chi connectivity index (χ1v) is 7.76. The van der Waals surface area contributed by atoms with Gasteiger partial charge < -0.3 is 10.4 Å². The van der Waals surface area contributed by atoms with Crippen molar-refractivity contribution in [2.24, 2.45) is 0 Å². The molecule has 0 heterocycles. The van der Waals surface area contributed by atoms with E-state index in [1.165, 1.54) is 5.56 Å². The molecule has 0 aliphatic carbocycles. The molecule has 0 radical (unpaired) electrons. The lowest BCUT2D eigenvalue weighted by Crippen LogP contribution is -2.32. The second-order valence-electron chi connectivity index (χ2n) is 5.42. The maximum absolute atomic E-state index is 9.99. The number of halogens is 1. The summed E-state index contributed by atoms with van der Waals surface area (Å²) < 4.78 is 0. The molecule has 0 saturated carbocycles. The van der Waals surface area contributed by atoms with E-state index in [-0.39, 0.29) is 6.04 Å². The first-order chi connectivity index (χ1) is 10.1. The van der Waals surface area contributed by atoms with Gasteiger partial charge in [-0.1, -0.05) is 48.9 Å². The van der Waals surface area contributed by atoms with Crippen LogP contribution in [-0.4, -0.2) is 11.1 Å². The normalized spacial score (nSPS) is 13.9. The van der Waals surface area contributed by atoms with Gasteiger partial charge in [-0.2, -0.15) is 0 Å². The van der Waals surface area contributed by atoms with Crippen molar-refractivity contribution in [2.45, 2.75) is 38.8 Å². The molecule has 2 unspecified atom stereocenters. The molecule has 0 fully saturated rings. The minimum Gasteiger partial charge on any atom is -0.508 e. The Balaban J connectivity index is 2.03. The second kappa shape index (κ2) is 7.48. The van der Waals surface area contributed by atoms with Gasteiger partial charge in [0, 0.05) is 22.7 Å². The third-order valence-electron chi connectivity index (χ3n) is 3.64. The molecule has 2 N–H and O–H groups in total. The Morgan fingerprint density at radius 2 is 1.90 bits per heavy atom. The van der Waals surface area contributed by atoms with E-state index in [2.05, 4.69) is 25.2 Å². The minimum absolute atomic E-state index is 0.153. The molecule has 2 atom stereocenters. The fraction of sp³-hybridized carbons (Fsp3) is 0.333. The van der Waals surface area contributed by atoms with Crippen molar-refractivity contribution < 1.29 is 5.11 Å². The van der Waals surface area contributed by atoms with Crippen molar-refractivity contribution >= 4 is 11.6 Å². The molecule has 0 spiro atoms. The van der Waals surface area contributed by atoms with Gasteiger partial charge in [-0.15, -0.1) is 0 Å². The SMILES string of the molecule is CCC(NC(C)Cc1cccc(Cl)c1)c1ccccc1O. The second-order valence-corrected chi connectivity index (χ2v) is 5.86. The van der Waals surface area contributed by atoms with Crippen LogP contribution in [-0.2, 0) is 6.42 Å². The number of benzene rings is 2. The monoisotopic (exact) mass is 303 g/mol. The van der Waals surface area contributed by atoms with Crippen LogP contribution in [0, 0.1) is 0 Å². The van der Waals surface area contributed by atoms with Crippen LogP contribution in [0.4, 0.5) is 0 Å². The van der Waals surface area contributed by atoms with Crippen molar-refractivity contribution in [2.75, 3.05) is 0 Å². The molecule has 0 aliphatic heterocycles. The molecule has 0 saturated heterocycles. The fourth-order valence-electron chi connectivity index (χ4n) is 2.63. The van der Waals surface area contributed by atoms with Crippen molar-refractivity contribution in [1.82, 2.24) is 5.32 Å². The van der Waals surface area contributed by atoms with Gasteiger partial charge in [0.25, 0.3) is 0 Å². The first kappa shape index (κ1) is 15.9. The maximum atomic E-state index is 9.99. The third kappa shape index (κ3) is 4.48. The number of phenolic OH excluding ortho intramolecular Hbond substituents is 1. The van der Waals surface area contributed by atoms with Gasteiger partial charge in [0.1, 0.15) is 5.75 Å². The van der Waals surface area contributed by atoms with E-state index in [1.54, 1.807) is 6.07 Å². The predicted octanol–water partition coefficient (Wildman–Crippen LogP) is 4.72. The first-order valence-electron chi connectivity index (χ1n) is 7.38. The number of phenols is 1. The Labute approximate surface area is 131 Å². The highest BCUT2D eigenvalue weighted by Crippen LogP contribution is 2.26. The van der Waals surface area contributed by atoms with E-state index in [0.29, 0.717) is 11.8 Å². The van der Waals surface area contributed by atoms with Crippen LogP contribution >= 0.6 is 11.6 Å². The van der Waals surface area contributed by atoms with Crippen LogP contribution in [0.25, 0.3) is 0 Å². The lowest BCUT2D eigenvalue weighted by molar-refractivity contribution is 0.413. The number of para-hydroxylation sites is 1. The third-order valence-corrected chi connectivity index (χ3v) is 3.87. The minimum atomic E-state index is 0.153. The number of hydrogen-bond donors (Lipinski definition) is 2. The summed E-state index contributed by atoms with van der Waals surface area (Å²) in [5.41, 5.74) is 2.17. The Bertz CT molecular complexity index is 585. The molecule has 21 heavy (non-hydrogen) atoms. The van der Waals surface area contributed by atoms with E-state index in [9.17, 15) is 5.11 Å². The van der Waals surface area contributed by atoms with E-state index in [4.69, 9.17) is 11.6 Å². The maximum Gasteiger partial charge on any atom is 0.120 e. The van der Waals surface area contributed by atoms with Crippen LogP contribution in [0.5, 0.6) is 5.75 Å². The summed E-state index contributed by atoms with van der Waals surface area (Å²) in [6.07, 6.45) is 1.84. The fourth-order valence-corrected chi connectivity index (χ4v) is 2.84. The molecule has 0 amide bonds. The van der Waals surface area contributed by atoms with Crippen LogP contribution in [0.2, 0.25) is 5.02 Å². The largest absolute Gasteiger partial charge is 0.508 e. The quantitative estimate of drug-likeness (QED) is 0.809.